The molecule has 2 saturated heterocycles. The second-order valence-corrected chi connectivity index (χ2v) is 13.6. The van der Waals surface area contributed by atoms with E-state index in [2.05, 4.69) is 24.0 Å². The van der Waals surface area contributed by atoms with Crippen molar-refractivity contribution in [3.63, 3.8) is 0 Å². The molecule has 3 heterocycles. The molecule has 1 aromatic heterocycles. The number of aromatic nitrogens is 2. The van der Waals surface area contributed by atoms with Crippen LogP contribution in [-0.4, -0.2) is 80.4 Å². The highest BCUT2D eigenvalue weighted by molar-refractivity contribution is 5.86. The highest BCUT2D eigenvalue weighted by atomic mass is 19.3. The lowest BCUT2D eigenvalue weighted by molar-refractivity contribution is -0.153. The van der Waals surface area contributed by atoms with Crippen molar-refractivity contribution in [3.05, 3.63) is 11.7 Å². The Hall–Kier alpha value is -2.30. The van der Waals surface area contributed by atoms with Crippen LogP contribution in [0.4, 0.5) is 13.6 Å². The van der Waals surface area contributed by atoms with Crippen molar-refractivity contribution in [2.24, 2.45) is 11.3 Å². The molecule has 0 aromatic carbocycles. The molecule has 218 valence electrons. The van der Waals surface area contributed by atoms with Crippen LogP contribution in [0.15, 0.2) is 4.52 Å². The number of hydrogen-bond acceptors (Lipinski definition) is 7. The lowest BCUT2D eigenvalue weighted by Gasteiger charge is -2.54. The van der Waals surface area contributed by atoms with E-state index in [9.17, 15) is 23.5 Å². The Morgan fingerprint density at radius 2 is 1.77 bits per heavy atom. The van der Waals surface area contributed by atoms with Crippen molar-refractivity contribution in [2.45, 2.75) is 121 Å². The van der Waals surface area contributed by atoms with Gasteiger partial charge in [-0.25, -0.2) is 13.6 Å². The van der Waals surface area contributed by atoms with Crippen molar-refractivity contribution in [1.82, 2.24) is 19.9 Å². The number of amides is 2. The van der Waals surface area contributed by atoms with Gasteiger partial charge in [-0.1, -0.05) is 25.4 Å². The molecule has 0 unspecified atom stereocenters. The number of ether oxygens (including phenoxy) is 1. The van der Waals surface area contributed by atoms with Crippen LogP contribution >= 0.6 is 0 Å². The zero-order chi connectivity index (χ0) is 28.4. The predicted octanol–water partition coefficient (Wildman–Crippen LogP) is 4.64. The van der Waals surface area contributed by atoms with Gasteiger partial charge in [0.05, 0.1) is 11.5 Å². The molecular formula is C28H42F2N4O5. The van der Waals surface area contributed by atoms with Crippen LogP contribution in [0, 0.1) is 11.3 Å². The van der Waals surface area contributed by atoms with E-state index in [-0.39, 0.29) is 42.4 Å². The number of aliphatic hydroxyl groups excluding tert-OH is 1. The van der Waals surface area contributed by atoms with Gasteiger partial charge in [-0.3, -0.25) is 9.69 Å². The van der Waals surface area contributed by atoms with Crippen LogP contribution in [0.25, 0.3) is 0 Å². The highest BCUT2D eigenvalue weighted by Gasteiger charge is 2.55. The number of hydrogen-bond donors (Lipinski definition) is 1. The third-order valence-electron chi connectivity index (χ3n) is 9.67. The lowest BCUT2D eigenvalue weighted by atomic mass is 9.61. The number of likely N-dealkylation sites (tertiary alicyclic amines) is 2. The second-order valence-electron chi connectivity index (χ2n) is 13.6. The lowest BCUT2D eigenvalue weighted by Crippen LogP contribution is -2.65. The summed E-state index contributed by atoms with van der Waals surface area (Å²) in [7, 11) is 0. The minimum absolute atomic E-state index is 0.124. The Morgan fingerprint density at radius 1 is 1.13 bits per heavy atom. The number of carbonyl (C=O) groups excluding carboxylic acids is 2. The number of rotatable bonds is 4. The van der Waals surface area contributed by atoms with Gasteiger partial charge in [-0.15, -0.1) is 0 Å². The fourth-order valence-corrected chi connectivity index (χ4v) is 6.83. The number of alkyl halides is 2. The predicted molar refractivity (Wildman–Crippen MR) is 137 cm³/mol. The van der Waals surface area contributed by atoms with Gasteiger partial charge >= 0.3 is 6.09 Å². The molecule has 5 rings (SSSR count). The molecule has 11 heteroatoms. The van der Waals surface area contributed by atoms with E-state index in [4.69, 9.17) is 9.26 Å². The standard InChI is InChI=1S/C28H42F2N4O5/c1-17(2)27(23-31-21(32-39-23)18-14-28(29,30)15-18)9-11-33(12-10-27)22(36)19-13-20(35)26(7-6-8-26)16-34(19)24(37)38-25(3,4)5/h17-20,35H,6-16H2,1-5H3/t19-,20+/m0/s1. The van der Waals surface area contributed by atoms with Crippen LogP contribution in [-0.2, 0) is 14.9 Å². The topological polar surface area (TPSA) is 109 Å². The van der Waals surface area contributed by atoms with Crippen LogP contribution in [0.3, 0.4) is 0 Å². The van der Waals surface area contributed by atoms with Crippen molar-refractivity contribution < 1.29 is 32.7 Å². The minimum atomic E-state index is -2.66. The molecule has 2 amide bonds. The van der Waals surface area contributed by atoms with E-state index in [1.807, 2.05) is 0 Å². The molecule has 1 N–H and O–H groups in total. The normalized spacial score (nSPS) is 28.2. The molecule has 2 aliphatic carbocycles. The van der Waals surface area contributed by atoms with E-state index in [0.717, 1.165) is 19.3 Å². The van der Waals surface area contributed by atoms with Gasteiger partial charge in [0.15, 0.2) is 5.82 Å². The Balaban J connectivity index is 1.30. The van der Waals surface area contributed by atoms with Gasteiger partial charge in [-0.2, -0.15) is 4.98 Å². The third kappa shape index (κ3) is 5.15. The maximum atomic E-state index is 13.9. The van der Waals surface area contributed by atoms with Gasteiger partial charge in [-0.05, 0) is 52.4 Å². The van der Waals surface area contributed by atoms with Gasteiger partial charge in [0.1, 0.15) is 11.6 Å². The Labute approximate surface area is 228 Å². The Morgan fingerprint density at radius 3 is 2.28 bits per heavy atom. The van der Waals surface area contributed by atoms with E-state index in [1.54, 1.807) is 30.6 Å². The molecule has 1 spiro atoms. The van der Waals surface area contributed by atoms with Crippen LogP contribution < -0.4 is 0 Å². The molecule has 2 aliphatic heterocycles. The fourth-order valence-electron chi connectivity index (χ4n) is 6.83. The van der Waals surface area contributed by atoms with Crippen LogP contribution in [0.2, 0.25) is 0 Å². The van der Waals surface area contributed by atoms with E-state index in [1.165, 1.54) is 0 Å². The zero-order valence-corrected chi connectivity index (χ0v) is 23.7. The van der Waals surface area contributed by atoms with Crippen LogP contribution in [0.1, 0.15) is 104 Å². The summed E-state index contributed by atoms with van der Waals surface area (Å²) in [6.45, 7) is 10.7. The summed E-state index contributed by atoms with van der Waals surface area (Å²) in [5.41, 5.74) is -1.53. The summed E-state index contributed by atoms with van der Waals surface area (Å²) in [6.07, 6.45) is 2.33. The summed E-state index contributed by atoms with van der Waals surface area (Å²) < 4.78 is 38.1. The summed E-state index contributed by atoms with van der Waals surface area (Å²) in [4.78, 5) is 35.0. The number of halogens is 2. The quantitative estimate of drug-likeness (QED) is 0.580. The average Bonchev–Trinajstić information content (AvgIpc) is 3.30. The maximum absolute atomic E-state index is 13.9. The molecule has 39 heavy (non-hydrogen) atoms. The summed E-state index contributed by atoms with van der Waals surface area (Å²) in [5.74, 6) is -2.33. The van der Waals surface area contributed by atoms with Crippen molar-refractivity contribution in [1.29, 1.82) is 0 Å². The highest BCUT2D eigenvalue weighted by Crippen LogP contribution is 2.50. The molecule has 4 fully saturated rings. The molecule has 0 radical (unpaired) electrons. The van der Waals surface area contributed by atoms with E-state index in [0.29, 0.717) is 44.2 Å². The van der Waals surface area contributed by atoms with Crippen molar-refractivity contribution in [2.75, 3.05) is 19.6 Å². The number of piperidine rings is 2. The molecular weight excluding hydrogens is 510 g/mol. The largest absolute Gasteiger partial charge is 0.444 e. The summed E-state index contributed by atoms with van der Waals surface area (Å²) in [6, 6.07) is -0.789. The van der Waals surface area contributed by atoms with E-state index >= 15 is 0 Å². The van der Waals surface area contributed by atoms with Gasteiger partial charge in [0.25, 0.3) is 0 Å². The first-order valence-electron chi connectivity index (χ1n) is 14.3. The Kier molecular flexibility index (Phi) is 7.00. The van der Waals surface area contributed by atoms with Crippen molar-refractivity contribution in [3.8, 4) is 0 Å². The van der Waals surface area contributed by atoms with Gasteiger partial charge in [0, 0.05) is 50.2 Å². The first-order valence-corrected chi connectivity index (χ1v) is 14.3. The first kappa shape index (κ1) is 28.2. The molecule has 2 saturated carbocycles. The molecule has 9 nitrogen and oxygen atoms in total. The second kappa shape index (κ2) is 9.66. The molecule has 1 aromatic rings. The average molecular weight is 553 g/mol. The van der Waals surface area contributed by atoms with Gasteiger partial charge < -0.3 is 19.3 Å². The molecule has 4 aliphatic rings. The smallest absolute Gasteiger partial charge is 0.410 e. The molecule has 0 bridgehead atoms. The minimum Gasteiger partial charge on any atom is -0.444 e. The van der Waals surface area contributed by atoms with Crippen LogP contribution in [0.5, 0.6) is 0 Å². The van der Waals surface area contributed by atoms with E-state index < -0.39 is 35.2 Å². The number of nitrogens with zero attached hydrogens (tertiary/aromatic N) is 4. The summed E-state index contributed by atoms with van der Waals surface area (Å²) >= 11 is 0. The number of aliphatic hydroxyl groups is 1. The van der Waals surface area contributed by atoms with Gasteiger partial charge in [0.2, 0.25) is 17.7 Å². The third-order valence-corrected chi connectivity index (χ3v) is 9.67. The number of carbonyl (C=O) groups is 2. The zero-order valence-electron chi connectivity index (χ0n) is 23.7. The molecule has 2 atom stereocenters. The fraction of sp³-hybridized carbons (Fsp3) is 0.857. The first-order chi connectivity index (χ1) is 18.1. The summed E-state index contributed by atoms with van der Waals surface area (Å²) in [5, 5.41) is 15.1. The monoisotopic (exact) mass is 552 g/mol. The SMILES string of the molecule is CC(C)C1(c2nc(C3CC(F)(F)C3)no2)CCN(C(=O)[C@@H]2C[C@@H](O)C3(CCC3)CN2C(=O)OC(C)(C)C)CC1. The maximum Gasteiger partial charge on any atom is 0.410 e. The Bertz CT molecular complexity index is 1080. The van der Waals surface area contributed by atoms with Crippen molar-refractivity contribution >= 4 is 12.0 Å².